The van der Waals surface area contributed by atoms with Crippen molar-refractivity contribution in [2.24, 2.45) is 0 Å². The number of rotatable bonds is 4. The Morgan fingerprint density at radius 2 is 1.86 bits per heavy atom. The maximum atomic E-state index is 10.1. The van der Waals surface area contributed by atoms with Crippen LogP contribution in [0.2, 0.25) is 0 Å². The van der Waals surface area contributed by atoms with Crippen LogP contribution in [0.15, 0.2) is 36.4 Å². The molecule has 0 saturated heterocycles. The zero-order valence-electron chi connectivity index (χ0n) is 13.6. The van der Waals surface area contributed by atoms with Gasteiger partial charge in [-0.15, -0.1) is 0 Å². The van der Waals surface area contributed by atoms with Gasteiger partial charge in [-0.05, 0) is 50.1 Å². The van der Waals surface area contributed by atoms with Crippen molar-refractivity contribution >= 4 is 17.2 Å². The molecule has 0 aliphatic carbocycles. The summed E-state index contributed by atoms with van der Waals surface area (Å²) in [6, 6.07) is 12.8. The summed E-state index contributed by atoms with van der Waals surface area (Å²) >= 11 is 0. The van der Waals surface area contributed by atoms with E-state index in [0.29, 0.717) is 6.04 Å². The van der Waals surface area contributed by atoms with Gasteiger partial charge in [-0.25, -0.2) is 0 Å². The average molecular weight is 287 g/mol. The molecule has 2 aromatic carbocycles. The van der Waals surface area contributed by atoms with Crippen molar-refractivity contribution in [3.63, 3.8) is 0 Å². The normalized spacial score (nSPS) is 10.0. The van der Waals surface area contributed by atoms with Gasteiger partial charge in [-0.1, -0.05) is 30.3 Å². The van der Waals surface area contributed by atoms with Gasteiger partial charge in [0.15, 0.2) is 0 Å². The minimum Gasteiger partial charge on any atom is -0.496 e. The largest absolute Gasteiger partial charge is 0.496 e. The van der Waals surface area contributed by atoms with Crippen molar-refractivity contribution in [1.82, 2.24) is 4.90 Å². The highest BCUT2D eigenvalue weighted by atomic mass is 16.5. The van der Waals surface area contributed by atoms with Crippen LogP contribution in [0.5, 0.6) is 5.75 Å². The molecular formula is C18H25NO2. The zero-order valence-corrected chi connectivity index (χ0v) is 13.6. The molecule has 114 valence electrons. The number of aryl methyl sites for hydroxylation is 1. The van der Waals surface area contributed by atoms with Gasteiger partial charge in [0.1, 0.15) is 5.75 Å². The quantitative estimate of drug-likeness (QED) is 0.795. The molecule has 0 unspecified atom stereocenters. The predicted octanol–water partition coefficient (Wildman–Crippen LogP) is 4.03. The number of fused-ring (bicyclic) bond motifs is 1. The first-order chi connectivity index (χ1) is 10.0. The number of carbonyl (C=O) groups is 1. The molecule has 0 atom stereocenters. The third-order valence-electron chi connectivity index (χ3n) is 3.53. The van der Waals surface area contributed by atoms with E-state index in [1.165, 1.54) is 16.3 Å². The topological polar surface area (TPSA) is 29.5 Å². The molecule has 0 aliphatic rings. The summed E-state index contributed by atoms with van der Waals surface area (Å²) in [5, 5.41) is 2.53. The number of ether oxygens (including phenoxy) is 1. The lowest BCUT2D eigenvalue weighted by molar-refractivity contribution is -0.119. The minimum atomic E-state index is 0.345. The molecule has 2 aromatic rings. The first kappa shape index (κ1) is 17.0. The van der Waals surface area contributed by atoms with Gasteiger partial charge in [0.25, 0.3) is 0 Å². The highest BCUT2D eigenvalue weighted by molar-refractivity contribution is 5.87. The molecule has 0 aromatic heterocycles. The van der Waals surface area contributed by atoms with E-state index in [1.54, 1.807) is 12.0 Å². The lowest BCUT2D eigenvalue weighted by atomic mass is 10.1. The van der Waals surface area contributed by atoms with Gasteiger partial charge in [0.05, 0.1) is 7.11 Å². The molecule has 3 nitrogen and oxygen atoms in total. The van der Waals surface area contributed by atoms with Crippen LogP contribution in [0.1, 0.15) is 26.3 Å². The number of amides is 1. The molecule has 21 heavy (non-hydrogen) atoms. The van der Waals surface area contributed by atoms with Crippen LogP contribution >= 0.6 is 0 Å². The molecule has 0 saturated carbocycles. The fourth-order valence-electron chi connectivity index (χ4n) is 2.19. The predicted molar refractivity (Wildman–Crippen MR) is 88.8 cm³/mol. The zero-order chi connectivity index (χ0) is 15.8. The van der Waals surface area contributed by atoms with Crippen LogP contribution in [0.4, 0.5) is 0 Å². The Kier molecular flexibility index (Phi) is 6.73. The molecule has 3 heteroatoms. The number of methoxy groups -OCH3 is 1. The summed E-state index contributed by atoms with van der Waals surface area (Å²) in [6.45, 7) is 8.85. The monoisotopic (exact) mass is 287 g/mol. The molecule has 0 radical (unpaired) electrons. The van der Waals surface area contributed by atoms with Crippen LogP contribution in [-0.2, 0) is 4.79 Å². The Bertz CT molecular complexity index is 578. The molecule has 0 spiro atoms. The molecule has 2 rings (SSSR count). The molecule has 0 aliphatic heterocycles. The van der Waals surface area contributed by atoms with Crippen LogP contribution in [0.3, 0.4) is 0 Å². The van der Waals surface area contributed by atoms with Crippen molar-refractivity contribution in [1.29, 1.82) is 0 Å². The van der Waals surface area contributed by atoms with Gasteiger partial charge in [0.2, 0.25) is 6.41 Å². The first-order valence-electron chi connectivity index (χ1n) is 7.28. The van der Waals surface area contributed by atoms with Crippen LogP contribution < -0.4 is 4.74 Å². The number of carbonyl (C=O) groups excluding carboxylic acids is 1. The van der Waals surface area contributed by atoms with Gasteiger partial charge >= 0.3 is 0 Å². The molecular weight excluding hydrogens is 262 g/mol. The molecule has 0 bridgehead atoms. The summed E-state index contributed by atoms with van der Waals surface area (Å²) in [7, 11) is 1.71. The summed E-state index contributed by atoms with van der Waals surface area (Å²) in [6.07, 6.45) is 0.880. The fraction of sp³-hybridized carbons (Fsp3) is 0.389. The number of hydrogen-bond acceptors (Lipinski definition) is 2. The Morgan fingerprint density at radius 1 is 1.19 bits per heavy atom. The van der Waals surface area contributed by atoms with Crippen molar-refractivity contribution < 1.29 is 9.53 Å². The van der Waals surface area contributed by atoms with Crippen molar-refractivity contribution in [3.05, 3.63) is 42.0 Å². The summed E-state index contributed by atoms with van der Waals surface area (Å²) in [5.41, 5.74) is 1.21. The second kappa shape index (κ2) is 8.30. The standard InChI is InChI=1S/C12H12O.C6H13NO/c1-9-11-6-4-3-5-10(11)7-8-12(9)13-2;1-4-7(5-8)6(2)3/h3-8H,1-2H3;5-6H,4H2,1-3H3. The second-order valence-electron chi connectivity index (χ2n) is 5.14. The molecule has 0 fully saturated rings. The third kappa shape index (κ3) is 4.48. The first-order valence-corrected chi connectivity index (χ1v) is 7.28. The molecule has 0 heterocycles. The van der Waals surface area contributed by atoms with Gasteiger partial charge in [-0.3, -0.25) is 4.79 Å². The van der Waals surface area contributed by atoms with E-state index in [9.17, 15) is 4.79 Å². The van der Waals surface area contributed by atoms with Gasteiger partial charge in [0, 0.05) is 12.6 Å². The van der Waals surface area contributed by atoms with Crippen LogP contribution in [0.25, 0.3) is 10.8 Å². The third-order valence-corrected chi connectivity index (χ3v) is 3.53. The molecule has 1 amide bonds. The average Bonchev–Trinajstić information content (AvgIpc) is 2.49. The van der Waals surface area contributed by atoms with Crippen LogP contribution in [-0.4, -0.2) is 31.0 Å². The lowest BCUT2D eigenvalue weighted by Gasteiger charge is -2.18. The Hall–Kier alpha value is -2.03. The Morgan fingerprint density at radius 3 is 2.33 bits per heavy atom. The Labute approximate surface area is 127 Å². The van der Waals surface area contributed by atoms with Crippen molar-refractivity contribution in [3.8, 4) is 5.75 Å². The van der Waals surface area contributed by atoms with E-state index in [4.69, 9.17) is 4.74 Å². The van der Waals surface area contributed by atoms with E-state index in [-0.39, 0.29) is 0 Å². The van der Waals surface area contributed by atoms with Crippen LogP contribution in [0, 0.1) is 6.92 Å². The number of nitrogens with zero attached hydrogens (tertiary/aromatic N) is 1. The fourth-order valence-corrected chi connectivity index (χ4v) is 2.19. The highest BCUT2D eigenvalue weighted by Gasteiger charge is 2.01. The van der Waals surface area contributed by atoms with Crippen molar-refractivity contribution in [2.75, 3.05) is 13.7 Å². The van der Waals surface area contributed by atoms with Gasteiger partial charge < -0.3 is 9.64 Å². The van der Waals surface area contributed by atoms with E-state index < -0.39 is 0 Å². The number of benzene rings is 2. The molecule has 0 N–H and O–H groups in total. The van der Waals surface area contributed by atoms with E-state index in [1.807, 2.05) is 32.9 Å². The summed E-state index contributed by atoms with van der Waals surface area (Å²) < 4.78 is 5.25. The SMILES string of the molecule is CCN(C=O)C(C)C.COc1ccc2ccccc2c1C. The second-order valence-corrected chi connectivity index (χ2v) is 5.14. The summed E-state index contributed by atoms with van der Waals surface area (Å²) in [5.74, 6) is 0.957. The smallest absolute Gasteiger partial charge is 0.209 e. The summed E-state index contributed by atoms with van der Waals surface area (Å²) in [4.78, 5) is 11.8. The minimum absolute atomic E-state index is 0.345. The maximum absolute atomic E-state index is 10.1. The van der Waals surface area contributed by atoms with E-state index in [0.717, 1.165) is 18.7 Å². The lowest BCUT2D eigenvalue weighted by Crippen LogP contribution is -2.28. The maximum Gasteiger partial charge on any atom is 0.209 e. The Balaban J connectivity index is 0.000000240. The number of hydrogen-bond donors (Lipinski definition) is 0. The van der Waals surface area contributed by atoms with E-state index in [2.05, 4.69) is 31.2 Å². The van der Waals surface area contributed by atoms with E-state index >= 15 is 0 Å². The van der Waals surface area contributed by atoms with Crippen molar-refractivity contribution in [2.45, 2.75) is 33.7 Å². The highest BCUT2D eigenvalue weighted by Crippen LogP contribution is 2.26. The van der Waals surface area contributed by atoms with Gasteiger partial charge in [-0.2, -0.15) is 0 Å².